The molecule has 88 valence electrons. The second-order valence-electron chi connectivity index (χ2n) is 3.79. The van der Waals surface area contributed by atoms with E-state index in [0.717, 1.165) is 5.82 Å². The number of fused-ring (bicyclic) bond motifs is 1. The van der Waals surface area contributed by atoms with Crippen LogP contribution < -0.4 is 11.3 Å². The highest BCUT2D eigenvalue weighted by molar-refractivity contribution is 7.26. The van der Waals surface area contributed by atoms with Gasteiger partial charge in [0.1, 0.15) is 11.9 Å². The van der Waals surface area contributed by atoms with Crippen molar-refractivity contribution in [3.63, 3.8) is 0 Å². The van der Waals surface area contributed by atoms with Gasteiger partial charge in [0.15, 0.2) is 0 Å². The second kappa shape index (κ2) is 4.23. The van der Waals surface area contributed by atoms with Crippen molar-refractivity contribution in [2.75, 3.05) is 0 Å². The fourth-order valence-electron chi connectivity index (χ4n) is 1.87. The van der Waals surface area contributed by atoms with Crippen molar-refractivity contribution < 1.29 is 0 Å². The van der Waals surface area contributed by atoms with Gasteiger partial charge < -0.3 is 4.57 Å². The highest BCUT2D eigenvalue weighted by Crippen LogP contribution is 2.34. The number of hydrogen-bond donors (Lipinski definition) is 2. The van der Waals surface area contributed by atoms with Gasteiger partial charge in [-0.25, -0.2) is 10.4 Å². The van der Waals surface area contributed by atoms with E-state index in [1.54, 1.807) is 28.9 Å². The molecular formula is C11H12N4S2. The summed E-state index contributed by atoms with van der Waals surface area (Å²) in [6.07, 6.45) is 3.71. The first-order chi connectivity index (χ1) is 8.29. The Kier molecular flexibility index (Phi) is 2.71. The molecule has 0 saturated carbocycles. The first-order valence-corrected chi connectivity index (χ1v) is 6.89. The van der Waals surface area contributed by atoms with Crippen molar-refractivity contribution in [1.29, 1.82) is 0 Å². The van der Waals surface area contributed by atoms with Gasteiger partial charge >= 0.3 is 0 Å². The maximum absolute atomic E-state index is 5.66. The molecular weight excluding hydrogens is 252 g/mol. The van der Waals surface area contributed by atoms with Crippen molar-refractivity contribution in [3.8, 4) is 0 Å². The molecule has 0 radical (unpaired) electrons. The predicted octanol–water partition coefficient (Wildman–Crippen LogP) is 2.25. The fourth-order valence-corrected chi connectivity index (χ4v) is 4.04. The van der Waals surface area contributed by atoms with Gasteiger partial charge in [-0.3, -0.25) is 5.84 Å². The molecule has 4 nitrogen and oxygen atoms in total. The van der Waals surface area contributed by atoms with Crippen LogP contribution in [-0.4, -0.2) is 9.55 Å². The lowest BCUT2D eigenvalue weighted by molar-refractivity contribution is 0.588. The summed E-state index contributed by atoms with van der Waals surface area (Å²) in [6.45, 7) is 0. The average molecular weight is 264 g/mol. The smallest absolute Gasteiger partial charge is 0.132 e. The van der Waals surface area contributed by atoms with Gasteiger partial charge in [-0.05, 0) is 17.5 Å². The fraction of sp³-hybridized carbons (Fsp3) is 0.182. The number of aryl methyl sites for hydroxylation is 1. The number of hydrazine groups is 1. The van der Waals surface area contributed by atoms with Crippen LogP contribution in [0.5, 0.6) is 0 Å². The Morgan fingerprint density at radius 1 is 1.47 bits per heavy atom. The average Bonchev–Trinajstić information content (AvgIpc) is 2.96. The van der Waals surface area contributed by atoms with Gasteiger partial charge in [0, 0.05) is 33.7 Å². The van der Waals surface area contributed by atoms with Crippen molar-refractivity contribution in [2.24, 2.45) is 12.9 Å². The summed E-state index contributed by atoms with van der Waals surface area (Å²) in [7, 11) is 1.97. The SMILES string of the molecule is Cn1ccnc1C(NN)c1cc2sccc2s1. The van der Waals surface area contributed by atoms with E-state index < -0.39 is 0 Å². The molecule has 0 spiro atoms. The first-order valence-electron chi connectivity index (χ1n) is 5.20. The number of thiophene rings is 2. The van der Waals surface area contributed by atoms with Crippen LogP contribution >= 0.6 is 22.7 Å². The lowest BCUT2D eigenvalue weighted by atomic mass is 10.2. The standard InChI is InChI=1S/C11H12N4S2/c1-15-4-3-13-11(15)10(14-12)9-6-8-7(17-9)2-5-16-8/h2-6,10,14H,12H2,1H3. The highest BCUT2D eigenvalue weighted by Gasteiger charge is 2.19. The Bertz CT molecular complexity index is 608. The molecule has 1 unspecified atom stereocenters. The molecule has 6 heteroatoms. The third kappa shape index (κ3) is 1.79. The number of nitrogens with one attached hydrogen (secondary N) is 1. The number of aromatic nitrogens is 2. The summed E-state index contributed by atoms with van der Waals surface area (Å²) < 4.78 is 4.59. The summed E-state index contributed by atoms with van der Waals surface area (Å²) in [5, 5.41) is 2.11. The molecule has 3 aromatic rings. The van der Waals surface area contributed by atoms with Gasteiger partial charge in [0.05, 0.1) is 0 Å². The Morgan fingerprint density at radius 3 is 3.00 bits per heavy atom. The van der Waals surface area contributed by atoms with Gasteiger partial charge in [-0.2, -0.15) is 0 Å². The largest absolute Gasteiger partial charge is 0.336 e. The van der Waals surface area contributed by atoms with Crippen LogP contribution in [0.3, 0.4) is 0 Å². The molecule has 1 atom stereocenters. The van der Waals surface area contributed by atoms with E-state index in [1.807, 2.05) is 17.8 Å². The molecule has 0 aliphatic rings. The summed E-state index contributed by atoms with van der Waals surface area (Å²) in [6, 6.07) is 4.28. The zero-order valence-corrected chi connectivity index (χ0v) is 10.9. The van der Waals surface area contributed by atoms with E-state index >= 15 is 0 Å². The lowest BCUT2D eigenvalue weighted by Gasteiger charge is -2.13. The van der Waals surface area contributed by atoms with Gasteiger partial charge in [-0.1, -0.05) is 0 Å². The van der Waals surface area contributed by atoms with Crippen LogP contribution in [-0.2, 0) is 7.05 Å². The zero-order chi connectivity index (χ0) is 11.8. The van der Waals surface area contributed by atoms with Crippen molar-refractivity contribution >= 4 is 32.1 Å². The highest BCUT2D eigenvalue weighted by atomic mass is 32.1. The third-order valence-electron chi connectivity index (χ3n) is 2.73. The van der Waals surface area contributed by atoms with Crippen molar-refractivity contribution in [3.05, 3.63) is 40.6 Å². The zero-order valence-electron chi connectivity index (χ0n) is 9.25. The molecule has 0 aromatic carbocycles. The van der Waals surface area contributed by atoms with Crippen molar-refractivity contribution in [2.45, 2.75) is 6.04 Å². The van der Waals surface area contributed by atoms with Crippen LogP contribution in [0, 0.1) is 0 Å². The van der Waals surface area contributed by atoms with Gasteiger partial charge in [0.2, 0.25) is 0 Å². The number of nitrogens with two attached hydrogens (primary N) is 1. The Balaban J connectivity index is 2.06. The molecule has 0 bridgehead atoms. The first kappa shape index (κ1) is 10.9. The molecule has 0 fully saturated rings. The van der Waals surface area contributed by atoms with Crippen LogP contribution in [0.1, 0.15) is 16.7 Å². The number of rotatable bonds is 3. The second-order valence-corrected chi connectivity index (χ2v) is 5.86. The van der Waals surface area contributed by atoms with E-state index in [1.165, 1.54) is 14.3 Å². The van der Waals surface area contributed by atoms with E-state index in [-0.39, 0.29) is 6.04 Å². The van der Waals surface area contributed by atoms with Crippen LogP contribution in [0.15, 0.2) is 29.9 Å². The summed E-state index contributed by atoms with van der Waals surface area (Å²) >= 11 is 3.51. The predicted molar refractivity (Wildman–Crippen MR) is 72.1 cm³/mol. The monoisotopic (exact) mass is 264 g/mol. The molecule has 3 N–H and O–H groups in total. The minimum absolute atomic E-state index is 0.0420. The normalized spacial score (nSPS) is 13.3. The van der Waals surface area contributed by atoms with E-state index in [2.05, 4.69) is 27.9 Å². The van der Waals surface area contributed by atoms with Crippen LogP contribution in [0.25, 0.3) is 9.40 Å². The Morgan fingerprint density at radius 2 is 2.35 bits per heavy atom. The lowest BCUT2D eigenvalue weighted by Crippen LogP contribution is -2.30. The maximum atomic E-state index is 5.66. The van der Waals surface area contributed by atoms with E-state index in [0.29, 0.717) is 0 Å². The number of hydrogen-bond acceptors (Lipinski definition) is 5. The minimum Gasteiger partial charge on any atom is -0.336 e. The molecule has 0 aliphatic carbocycles. The summed E-state index contributed by atoms with van der Waals surface area (Å²) in [5.74, 6) is 6.59. The minimum atomic E-state index is -0.0420. The molecule has 0 amide bonds. The molecule has 3 heterocycles. The summed E-state index contributed by atoms with van der Waals surface area (Å²) in [4.78, 5) is 5.55. The number of nitrogens with zero attached hydrogens (tertiary/aromatic N) is 2. The molecule has 17 heavy (non-hydrogen) atoms. The molecule has 3 rings (SSSR count). The Labute approximate surface area is 107 Å². The van der Waals surface area contributed by atoms with E-state index in [9.17, 15) is 0 Å². The van der Waals surface area contributed by atoms with E-state index in [4.69, 9.17) is 5.84 Å². The van der Waals surface area contributed by atoms with Crippen LogP contribution in [0.2, 0.25) is 0 Å². The number of imidazole rings is 1. The topological polar surface area (TPSA) is 55.9 Å². The molecule has 3 aromatic heterocycles. The quantitative estimate of drug-likeness (QED) is 0.563. The maximum Gasteiger partial charge on any atom is 0.132 e. The van der Waals surface area contributed by atoms with Crippen LogP contribution in [0.4, 0.5) is 0 Å². The summed E-state index contributed by atoms with van der Waals surface area (Å²) in [5.41, 5.74) is 2.84. The molecule has 0 saturated heterocycles. The third-order valence-corrected chi connectivity index (χ3v) is 4.88. The van der Waals surface area contributed by atoms with Crippen molar-refractivity contribution in [1.82, 2.24) is 15.0 Å². The van der Waals surface area contributed by atoms with Gasteiger partial charge in [0.25, 0.3) is 0 Å². The van der Waals surface area contributed by atoms with Gasteiger partial charge in [-0.15, -0.1) is 22.7 Å². The molecule has 0 aliphatic heterocycles. The Hall–Kier alpha value is -1.21.